The first-order chi connectivity index (χ1) is 17.3. The quantitative estimate of drug-likeness (QED) is 0.451. The molecule has 0 saturated carbocycles. The Morgan fingerprint density at radius 3 is 2.64 bits per heavy atom. The number of benzene rings is 2. The Morgan fingerprint density at radius 1 is 1.22 bits per heavy atom. The molecule has 0 aliphatic carbocycles. The molecule has 2 aromatic rings. The van der Waals surface area contributed by atoms with Crippen LogP contribution >= 0.6 is 23.4 Å². The van der Waals surface area contributed by atoms with Gasteiger partial charge in [0.25, 0.3) is 5.91 Å². The molecule has 2 aliphatic rings. The zero-order valence-electron chi connectivity index (χ0n) is 20.7. The molecule has 0 spiro atoms. The average molecular weight is 525 g/mol. The Kier molecular flexibility index (Phi) is 8.06. The monoisotopic (exact) mass is 524 g/mol. The molecule has 36 heavy (non-hydrogen) atoms. The molecule has 4 rings (SSSR count). The number of hydrogen-bond donors (Lipinski definition) is 2. The number of carbonyl (C=O) groups excluding carboxylic acids is 2. The smallest absolute Gasteiger partial charge is 0.255 e. The van der Waals surface area contributed by atoms with Gasteiger partial charge in [-0.1, -0.05) is 42.4 Å². The van der Waals surface area contributed by atoms with E-state index in [2.05, 4.69) is 10.6 Å². The molecule has 0 saturated heterocycles. The second-order valence-electron chi connectivity index (χ2n) is 8.68. The summed E-state index contributed by atoms with van der Waals surface area (Å²) in [4.78, 5) is 33.1. The number of methoxy groups -OCH3 is 1. The van der Waals surface area contributed by atoms with Crippen LogP contribution in [-0.4, -0.2) is 35.0 Å². The van der Waals surface area contributed by atoms with E-state index in [1.54, 1.807) is 37.4 Å². The molecule has 2 aliphatic heterocycles. The van der Waals surface area contributed by atoms with E-state index in [4.69, 9.17) is 21.3 Å². The van der Waals surface area contributed by atoms with E-state index < -0.39 is 6.04 Å². The number of halogens is 1. The van der Waals surface area contributed by atoms with Crippen molar-refractivity contribution in [3.63, 3.8) is 0 Å². The predicted molar refractivity (Wildman–Crippen MR) is 146 cm³/mol. The van der Waals surface area contributed by atoms with E-state index >= 15 is 0 Å². The number of allylic oxidation sites excluding steroid dienone is 1. The lowest BCUT2D eigenvalue weighted by atomic mass is 9.93. The molecular formula is C27H29ClN4O3S. The van der Waals surface area contributed by atoms with Crippen LogP contribution in [0.1, 0.15) is 45.2 Å². The number of ether oxygens (including phenoxy) is 1. The Hall–Kier alpha value is -3.23. The maximum atomic E-state index is 13.7. The third-order valence-corrected chi connectivity index (χ3v) is 7.24. The molecule has 2 amide bonds. The molecule has 0 bridgehead atoms. The molecule has 2 N–H and O–H groups in total. The number of nitrogens with one attached hydrogen (secondary N) is 2. The van der Waals surface area contributed by atoms with Crippen molar-refractivity contribution >= 4 is 46.0 Å². The van der Waals surface area contributed by atoms with E-state index in [1.165, 1.54) is 11.8 Å². The fraction of sp³-hybridized carbons (Fsp3) is 0.296. The zero-order chi connectivity index (χ0) is 25.8. The summed E-state index contributed by atoms with van der Waals surface area (Å²) in [5.74, 6) is 0.357. The minimum absolute atomic E-state index is 0.0715. The summed E-state index contributed by atoms with van der Waals surface area (Å²) in [5.41, 5.74) is 3.37. The van der Waals surface area contributed by atoms with Crippen LogP contribution in [0, 0.1) is 0 Å². The molecule has 0 unspecified atom stereocenters. The van der Waals surface area contributed by atoms with E-state index in [1.807, 2.05) is 49.3 Å². The maximum absolute atomic E-state index is 13.7. The van der Waals surface area contributed by atoms with Crippen LogP contribution in [0.3, 0.4) is 0 Å². The lowest BCUT2D eigenvalue weighted by Gasteiger charge is -2.36. The van der Waals surface area contributed by atoms with Gasteiger partial charge in [0.15, 0.2) is 5.17 Å². The van der Waals surface area contributed by atoms with Crippen LogP contribution in [0.15, 0.2) is 75.9 Å². The number of hydrogen-bond acceptors (Lipinski definition) is 6. The van der Waals surface area contributed by atoms with Crippen molar-refractivity contribution in [2.75, 3.05) is 12.4 Å². The van der Waals surface area contributed by atoms with Crippen LogP contribution in [0.5, 0.6) is 5.75 Å². The van der Waals surface area contributed by atoms with Gasteiger partial charge in [0.2, 0.25) is 5.91 Å². The molecule has 0 aromatic heterocycles. The Labute approximate surface area is 220 Å². The topological polar surface area (TPSA) is 83.0 Å². The number of thioether (sulfide) groups is 1. The van der Waals surface area contributed by atoms with Gasteiger partial charge in [0.1, 0.15) is 5.75 Å². The highest BCUT2D eigenvalue weighted by molar-refractivity contribution is 8.16. The highest BCUT2D eigenvalue weighted by Gasteiger charge is 2.40. The minimum atomic E-state index is -0.493. The van der Waals surface area contributed by atoms with Gasteiger partial charge in [0, 0.05) is 22.4 Å². The summed E-state index contributed by atoms with van der Waals surface area (Å²) in [6.07, 6.45) is 1.03. The zero-order valence-corrected chi connectivity index (χ0v) is 22.2. The standard InChI is InChI=1S/C27H29ClN4O3S/c1-5-16(2)29-23(33)14-21-15-36-27-30-17(3)24(25(32(21)27)18-7-6-8-19(28)13-18)26(34)31-20-9-11-22(35-4)12-10-20/h6-13,15-16,25H,5,14H2,1-4H3,(H,29,33)(H,31,34)/t16-,25+/m0/s1. The normalized spacial score (nSPS) is 17.7. The molecule has 188 valence electrons. The highest BCUT2D eigenvalue weighted by Crippen LogP contribution is 2.45. The van der Waals surface area contributed by atoms with Crippen molar-refractivity contribution < 1.29 is 14.3 Å². The number of amidine groups is 1. The molecule has 2 heterocycles. The largest absolute Gasteiger partial charge is 0.497 e. The number of rotatable bonds is 8. The van der Waals surface area contributed by atoms with Crippen LogP contribution in [-0.2, 0) is 9.59 Å². The Balaban J connectivity index is 1.69. The molecule has 0 fully saturated rings. The first-order valence-corrected chi connectivity index (χ1v) is 13.0. The van der Waals surface area contributed by atoms with Crippen LogP contribution < -0.4 is 15.4 Å². The third-order valence-electron chi connectivity index (χ3n) is 6.12. The summed E-state index contributed by atoms with van der Waals surface area (Å²) >= 11 is 7.81. The number of anilines is 1. The van der Waals surface area contributed by atoms with Gasteiger partial charge in [-0.2, -0.15) is 0 Å². The lowest BCUT2D eigenvalue weighted by molar-refractivity contribution is -0.121. The molecule has 9 heteroatoms. The van der Waals surface area contributed by atoms with Crippen LogP contribution in [0.2, 0.25) is 5.02 Å². The van der Waals surface area contributed by atoms with Crippen LogP contribution in [0.25, 0.3) is 0 Å². The van der Waals surface area contributed by atoms with Crippen molar-refractivity contribution in [1.29, 1.82) is 0 Å². The summed E-state index contributed by atoms with van der Waals surface area (Å²) in [5, 5.41) is 9.24. The molecule has 2 atom stereocenters. The maximum Gasteiger partial charge on any atom is 0.255 e. The van der Waals surface area contributed by atoms with E-state index in [0.29, 0.717) is 27.7 Å². The number of aliphatic imine (C=N–C) groups is 1. The fourth-order valence-electron chi connectivity index (χ4n) is 4.12. The average Bonchev–Trinajstić information content (AvgIpc) is 3.24. The van der Waals surface area contributed by atoms with Crippen LogP contribution in [0.4, 0.5) is 5.69 Å². The fourth-order valence-corrected chi connectivity index (χ4v) is 5.28. The van der Waals surface area contributed by atoms with Crippen molar-refractivity contribution in [1.82, 2.24) is 10.2 Å². The Bertz CT molecular complexity index is 1260. The summed E-state index contributed by atoms with van der Waals surface area (Å²) in [6.45, 7) is 5.84. The van der Waals surface area contributed by atoms with Gasteiger partial charge in [-0.3, -0.25) is 9.59 Å². The summed E-state index contributed by atoms with van der Waals surface area (Å²) in [7, 11) is 1.59. The molecule has 7 nitrogen and oxygen atoms in total. The lowest BCUT2D eigenvalue weighted by Crippen LogP contribution is -2.39. The summed E-state index contributed by atoms with van der Waals surface area (Å²) < 4.78 is 5.22. The van der Waals surface area contributed by atoms with E-state index in [0.717, 1.165) is 22.8 Å². The van der Waals surface area contributed by atoms with Gasteiger partial charge in [-0.05, 0) is 67.6 Å². The van der Waals surface area contributed by atoms with Crippen molar-refractivity contribution in [3.05, 3.63) is 81.5 Å². The molecule has 2 aromatic carbocycles. The number of nitrogens with zero attached hydrogens (tertiary/aromatic N) is 2. The number of carbonyl (C=O) groups is 2. The first-order valence-electron chi connectivity index (χ1n) is 11.7. The van der Waals surface area contributed by atoms with Gasteiger partial charge >= 0.3 is 0 Å². The SMILES string of the molecule is CC[C@H](C)NC(=O)CC1=CSC2=NC(C)=C(C(=O)Nc3ccc(OC)cc3)[C@@H](c3cccc(Cl)c3)N12. The molecule has 0 radical (unpaired) electrons. The van der Waals surface area contributed by atoms with Gasteiger partial charge in [-0.25, -0.2) is 4.99 Å². The van der Waals surface area contributed by atoms with E-state index in [9.17, 15) is 9.59 Å². The second kappa shape index (κ2) is 11.2. The first kappa shape index (κ1) is 25.9. The third kappa shape index (κ3) is 5.60. The highest BCUT2D eigenvalue weighted by atomic mass is 35.5. The van der Waals surface area contributed by atoms with E-state index in [-0.39, 0.29) is 24.3 Å². The molecular weight excluding hydrogens is 496 g/mol. The van der Waals surface area contributed by atoms with Crippen molar-refractivity contribution in [2.24, 2.45) is 4.99 Å². The summed E-state index contributed by atoms with van der Waals surface area (Å²) in [6, 6.07) is 14.2. The number of amides is 2. The van der Waals surface area contributed by atoms with Gasteiger partial charge in [0.05, 0.1) is 30.8 Å². The second-order valence-corrected chi connectivity index (χ2v) is 9.96. The van der Waals surface area contributed by atoms with Crippen molar-refractivity contribution in [3.8, 4) is 5.75 Å². The predicted octanol–water partition coefficient (Wildman–Crippen LogP) is 5.87. The van der Waals surface area contributed by atoms with Crippen molar-refractivity contribution in [2.45, 2.75) is 45.7 Å². The minimum Gasteiger partial charge on any atom is -0.497 e. The number of fused-ring (bicyclic) bond motifs is 1. The van der Waals surface area contributed by atoms with Gasteiger partial charge < -0.3 is 20.3 Å². The van der Waals surface area contributed by atoms with Gasteiger partial charge in [-0.15, -0.1) is 0 Å². The Morgan fingerprint density at radius 2 is 1.97 bits per heavy atom.